The first kappa shape index (κ1) is 17.4. The first-order valence-electron chi connectivity index (χ1n) is 7.63. The Kier molecular flexibility index (Phi) is 6.24. The Hall–Kier alpha value is -1.43. The topological polar surface area (TPSA) is 41.5 Å². The van der Waals surface area contributed by atoms with Gasteiger partial charge >= 0.3 is 0 Å². The molecule has 1 heterocycles. The average molecular weight is 377 g/mol. The van der Waals surface area contributed by atoms with Crippen LogP contribution in [0.4, 0.5) is 0 Å². The Bertz CT molecular complexity index is 747. The summed E-state index contributed by atoms with van der Waals surface area (Å²) in [7, 11) is 0. The van der Waals surface area contributed by atoms with Crippen molar-refractivity contribution in [1.82, 2.24) is 5.32 Å². The number of nitrogens with zero attached hydrogens (tertiary/aromatic N) is 1. The number of rotatable bonds is 5. The number of carbonyl (C=O) groups is 1. The van der Waals surface area contributed by atoms with Crippen LogP contribution < -0.4 is 5.32 Å². The molecule has 0 saturated carbocycles. The van der Waals surface area contributed by atoms with Crippen LogP contribution in [0.2, 0.25) is 5.02 Å². The van der Waals surface area contributed by atoms with Crippen LogP contribution in [-0.2, 0) is 12.3 Å². The van der Waals surface area contributed by atoms with Crippen LogP contribution in [-0.4, -0.2) is 22.6 Å². The highest BCUT2D eigenvalue weighted by molar-refractivity contribution is 8.38. The van der Waals surface area contributed by atoms with E-state index in [1.54, 1.807) is 23.5 Å². The normalized spacial score (nSPS) is 13.6. The molecule has 0 radical (unpaired) electrons. The fourth-order valence-electron chi connectivity index (χ4n) is 2.29. The smallest absolute Gasteiger partial charge is 0.251 e. The van der Waals surface area contributed by atoms with Crippen molar-refractivity contribution in [2.45, 2.75) is 12.3 Å². The first-order chi connectivity index (χ1) is 11.7. The van der Waals surface area contributed by atoms with Gasteiger partial charge in [0.25, 0.3) is 5.91 Å². The fraction of sp³-hybridized carbons (Fsp3) is 0.222. The predicted octanol–water partition coefficient (Wildman–Crippen LogP) is 4.61. The summed E-state index contributed by atoms with van der Waals surface area (Å²) in [6.45, 7) is 1.39. The number of thioether (sulfide) groups is 2. The quantitative estimate of drug-likeness (QED) is 0.828. The molecule has 6 heteroatoms. The van der Waals surface area contributed by atoms with Crippen molar-refractivity contribution in [3.05, 3.63) is 70.2 Å². The van der Waals surface area contributed by atoms with Gasteiger partial charge in [-0.3, -0.25) is 9.79 Å². The summed E-state index contributed by atoms with van der Waals surface area (Å²) in [4.78, 5) is 17.0. The van der Waals surface area contributed by atoms with E-state index in [0.717, 1.165) is 39.1 Å². The van der Waals surface area contributed by atoms with Crippen molar-refractivity contribution < 1.29 is 4.79 Å². The van der Waals surface area contributed by atoms with Crippen LogP contribution in [0.25, 0.3) is 0 Å². The van der Waals surface area contributed by atoms with Crippen LogP contribution in [0.3, 0.4) is 0 Å². The second-order valence-corrected chi connectivity index (χ2v) is 7.99. The maximum atomic E-state index is 12.5. The van der Waals surface area contributed by atoms with Crippen LogP contribution in [0.1, 0.15) is 21.5 Å². The van der Waals surface area contributed by atoms with Crippen LogP contribution in [0.5, 0.6) is 0 Å². The Morgan fingerprint density at radius 2 is 2.00 bits per heavy atom. The third kappa shape index (κ3) is 4.79. The van der Waals surface area contributed by atoms with Gasteiger partial charge in [0.1, 0.15) is 4.38 Å². The van der Waals surface area contributed by atoms with E-state index in [1.165, 1.54) is 0 Å². The number of aliphatic imine (C=N–C) groups is 1. The second kappa shape index (κ2) is 8.60. The summed E-state index contributed by atoms with van der Waals surface area (Å²) in [5, 5.41) is 3.67. The van der Waals surface area contributed by atoms with Gasteiger partial charge in [0.05, 0.1) is 6.54 Å². The van der Waals surface area contributed by atoms with Gasteiger partial charge in [-0.1, -0.05) is 65.5 Å². The number of hydrogen-bond acceptors (Lipinski definition) is 4. The lowest BCUT2D eigenvalue weighted by Gasteiger charge is -2.10. The average Bonchev–Trinajstić information content (AvgIpc) is 3.13. The highest BCUT2D eigenvalue weighted by Gasteiger charge is 2.13. The lowest BCUT2D eigenvalue weighted by Crippen LogP contribution is -2.23. The summed E-state index contributed by atoms with van der Waals surface area (Å²) in [6, 6.07) is 15.2. The molecule has 0 aliphatic carbocycles. The zero-order valence-electron chi connectivity index (χ0n) is 13.0. The Morgan fingerprint density at radius 3 is 2.75 bits per heavy atom. The number of carbonyl (C=O) groups excluding carboxylic acids is 1. The number of benzene rings is 2. The first-order valence-corrected chi connectivity index (χ1v) is 9.98. The summed E-state index contributed by atoms with van der Waals surface area (Å²) in [5.41, 5.74) is 2.78. The molecule has 24 heavy (non-hydrogen) atoms. The number of nitrogens with one attached hydrogen (secondary N) is 1. The molecule has 2 aromatic carbocycles. The van der Waals surface area contributed by atoms with Crippen molar-refractivity contribution in [3.8, 4) is 0 Å². The SMILES string of the molecule is O=C(NCc1ccc(Cl)cc1)c1ccccc1CSC1=NCCS1. The molecule has 3 nitrogen and oxygen atoms in total. The van der Waals surface area contributed by atoms with Gasteiger partial charge in [-0.25, -0.2) is 0 Å². The molecule has 0 atom stereocenters. The molecule has 0 bridgehead atoms. The lowest BCUT2D eigenvalue weighted by atomic mass is 10.1. The Morgan fingerprint density at radius 1 is 1.21 bits per heavy atom. The van der Waals surface area contributed by atoms with Gasteiger partial charge in [-0.05, 0) is 29.3 Å². The second-order valence-electron chi connectivity index (χ2n) is 5.25. The number of halogens is 1. The standard InChI is InChI=1S/C18H17ClN2OS2/c19-15-7-5-13(6-8-15)11-21-17(22)16-4-2-1-3-14(16)12-24-18-20-9-10-23-18/h1-8H,9-12H2,(H,21,22). The van der Waals surface area contributed by atoms with Crippen molar-refractivity contribution in [2.24, 2.45) is 4.99 Å². The lowest BCUT2D eigenvalue weighted by molar-refractivity contribution is 0.0950. The van der Waals surface area contributed by atoms with Gasteiger partial charge in [0.2, 0.25) is 0 Å². The van der Waals surface area contributed by atoms with Crippen LogP contribution in [0.15, 0.2) is 53.5 Å². The molecule has 1 N–H and O–H groups in total. The molecule has 0 unspecified atom stereocenters. The zero-order valence-corrected chi connectivity index (χ0v) is 15.4. The maximum absolute atomic E-state index is 12.5. The van der Waals surface area contributed by atoms with Crippen LogP contribution >= 0.6 is 35.1 Å². The molecular weight excluding hydrogens is 360 g/mol. The molecular formula is C18H17ClN2OS2. The minimum absolute atomic E-state index is 0.0536. The minimum Gasteiger partial charge on any atom is -0.348 e. The van der Waals surface area contributed by atoms with Gasteiger partial charge < -0.3 is 5.32 Å². The van der Waals surface area contributed by atoms with Crippen molar-refractivity contribution >= 4 is 45.4 Å². The van der Waals surface area contributed by atoms with Gasteiger partial charge in [0.15, 0.2) is 0 Å². The Balaban J connectivity index is 1.62. The van der Waals surface area contributed by atoms with E-state index in [9.17, 15) is 4.79 Å². The highest BCUT2D eigenvalue weighted by atomic mass is 35.5. The van der Waals surface area contributed by atoms with Crippen molar-refractivity contribution in [2.75, 3.05) is 12.3 Å². The van der Waals surface area contributed by atoms with Gasteiger partial charge in [0, 0.05) is 28.6 Å². The van der Waals surface area contributed by atoms with Crippen molar-refractivity contribution in [1.29, 1.82) is 0 Å². The van der Waals surface area contributed by atoms with E-state index < -0.39 is 0 Å². The van der Waals surface area contributed by atoms with Gasteiger partial charge in [-0.2, -0.15) is 0 Å². The van der Waals surface area contributed by atoms with E-state index in [-0.39, 0.29) is 5.91 Å². The predicted molar refractivity (Wildman–Crippen MR) is 105 cm³/mol. The number of amides is 1. The van der Waals surface area contributed by atoms with E-state index in [1.807, 2.05) is 48.5 Å². The maximum Gasteiger partial charge on any atom is 0.251 e. The highest BCUT2D eigenvalue weighted by Crippen LogP contribution is 2.26. The summed E-state index contributed by atoms with van der Waals surface area (Å²) < 4.78 is 1.12. The molecule has 0 fully saturated rings. The summed E-state index contributed by atoms with van der Waals surface area (Å²) >= 11 is 9.37. The molecule has 0 spiro atoms. The van der Waals surface area contributed by atoms with Crippen LogP contribution in [0, 0.1) is 0 Å². The summed E-state index contributed by atoms with van der Waals surface area (Å²) in [5.74, 6) is 1.77. The zero-order chi connectivity index (χ0) is 16.8. The third-order valence-corrected chi connectivity index (χ3v) is 6.09. The monoisotopic (exact) mass is 376 g/mol. The molecule has 1 aliphatic rings. The molecule has 1 amide bonds. The van der Waals surface area contributed by atoms with Crippen molar-refractivity contribution in [3.63, 3.8) is 0 Å². The largest absolute Gasteiger partial charge is 0.348 e. The Labute approximate surface area is 155 Å². The fourth-order valence-corrected chi connectivity index (χ4v) is 4.43. The third-order valence-electron chi connectivity index (χ3n) is 3.54. The molecule has 3 rings (SSSR count). The molecule has 124 valence electrons. The van der Waals surface area contributed by atoms with E-state index in [4.69, 9.17) is 11.6 Å². The molecule has 1 aliphatic heterocycles. The summed E-state index contributed by atoms with van der Waals surface area (Å²) in [6.07, 6.45) is 0. The van der Waals surface area contributed by atoms with Gasteiger partial charge in [-0.15, -0.1) is 0 Å². The van der Waals surface area contributed by atoms with E-state index in [2.05, 4.69) is 10.3 Å². The molecule has 0 aromatic heterocycles. The molecule has 2 aromatic rings. The minimum atomic E-state index is -0.0536. The van der Waals surface area contributed by atoms with E-state index >= 15 is 0 Å². The molecule has 0 saturated heterocycles. The van der Waals surface area contributed by atoms with E-state index in [0.29, 0.717) is 11.6 Å². The number of hydrogen-bond donors (Lipinski definition) is 1.